The van der Waals surface area contributed by atoms with Crippen molar-refractivity contribution in [3.63, 3.8) is 0 Å². The molecule has 2 fully saturated rings. The summed E-state index contributed by atoms with van der Waals surface area (Å²) in [5.74, 6) is 2.31. The maximum Gasteiger partial charge on any atom is 0.0224 e. The van der Waals surface area contributed by atoms with E-state index in [2.05, 4.69) is 23.4 Å². The van der Waals surface area contributed by atoms with Gasteiger partial charge in [0.25, 0.3) is 0 Å². The Bertz CT molecular complexity index is 194. The van der Waals surface area contributed by atoms with Crippen molar-refractivity contribution in [3.8, 4) is 0 Å². The predicted molar refractivity (Wildman–Crippen MR) is 68.5 cm³/mol. The van der Waals surface area contributed by atoms with E-state index in [4.69, 9.17) is 0 Å². The Morgan fingerprint density at radius 3 is 2.87 bits per heavy atom. The Labute approximate surface area is 98.2 Å². The zero-order chi connectivity index (χ0) is 10.7. The van der Waals surface area contributed by atoms with Crippen LogP contribution in [0.4, 0.5) is 0 Å². The summed E-state index contributed by atoms with van der Waals surface area (Å²) in [6.07, 6.45) is 6.48. The summed E-state index contributed by atoms with van der Waals surface area (Å²) in [4.78, 5) is 2.69. The van der Waals surface area contributed by atoms with Crippen LogP contribution < -0.4 is 5.32 Å². The van der Waals surface area contributed by atoms with Crippen molar-refractivity contribution in [1.82, 2.24) is 10.2 Å². The number of hydrogen-bond acceptors (Lipinski definition) is 3. The van der Waals surface area contributed by atoms with E-state index in [0.717, 1.165) is 18.0 Å². The highest BCUT2D eigenvalue weighted by Crippen LogP contribution is 2.34. The summed E-state index contributed by atoms with van der Waals surface area (Å²) in [5, 5.41) is 3.70. The number of piperazine rings is 1. The molecule has 1 aliphatic heterocycles. The van der Waals surface area contributed by atoms with E-state index in [1.807, 2.05) is 11.8 Å². The largest absolute Gasteiger partial charge is 0.311 e. The molecule has 2 unspecified atom stereocenters. The van der Waals surface area contributed by atoms with Crippen molar-refractivity contribution in [1.29, 1.82) is 0 Å². The van der Waals surface area contributed by atoms with Gasteiger partial charge >= 0.3 is 0 Å². The lowest BCUT2D eigenvalue weighted by atomic mass is 10.1. The molecule has 88 valence electrons. The molecule has 1 saturated heterocycles. The summed E-state index contributed by atoms with van der Waals surface area (Å²) in [7, 11) is 0. The van der Waals surface area contributed by atoms with Crippen molar-refractivity contribution < 1.29 is 0 Å². The first-order valence-electron chi connectivity index (χ1n) is 6.27. The summed E-state index contributed by atoms with van der Waals surface area (Å²) in [6, 6.07) is 1.54. The molecule has 0 spiro atoms. The minimum absolute atomic E-state index is 0.738. The van der Waals surface area contributed by atoms with E-state index in [1.54, 1.807) is 0 Å². The van der Waals surface area contributed by atoms with Crippen molar-refractivity contribution in [2.45, 2.75) is 38.3 Å². The van der Waals surface area contributed by atoms with Crippen LogP contribution >= 0.6 is 11.8 Å². The van der Waals surface area contributed by atoms with Gasteiger partial charge in [0.1, 0.15) is 0 Å². The summed E-state index contributed by atoms with van der Waals surface area (Å²) in [6.45, 7) is 6.14. The second kappa shape index (κ2) is 5.55. The van der Waals surface area contributed by atoms with Gasteiger partial charge in [-0.15, -0.1) is 0 Å². The monoisotopic (exact) mass is 228 g/mol. The highest BCUT2D eigenvalue weighted by atomic mass is 32.2. The second-order valence-corrected chi connectivity index (χ2v) is 6.03. The van der Waals surface area contributed by atoms with Crippen molar-refractivity contribution in [3.05, 3.63) is 0 Å². The topological polar surface area (TPSA) is 15.3 Å². The molecule has 2 atom stereocenters. The van der Waals surface area contributed by atoms with Crippen LogP contribution in [-0.2, 0) is 0 Å². The molecule has 0 amide bonds. The van der Waals surface area contributed by atoms with E-state index in [-0.39, 0.29) is 0 Å². The predicted octanol–water partition coefficient (Wildman–Crippen LogP) is 1.81. The molecule has 1 N–H and O–H groups in total. The quantitative estimate of drug-likeness (QED) is 0.723. The van der Waals surface area contributed by atoms with E-state index in [9.17, 15) is 0 Å². The number of thioether (sulfide) groups is 1. The Morgan fingerprint density at radius 2 is 2.20 bits per heavy atom. The highest BCUT2D eigenvalue weighted by molar-refractivity contribution is 7.98. The van der Waals surface area contributed by atoms with E-state index < -0.39 is 0 Å². The van der Waals surface area contributed by atoms with E-state index in [1.165, 1.54) is 44.6 Å². The molecule has 15 heavy (non-hydrogen) atoms. The fourth-order valence-corrected chi connectivity index (χ4v) is 2.90. The van der Waals surface area contributed by atoms with Crippen molar-refractivity contribution in [2.75, 3.05) is 31.6 Å². The maximum absolute atomic E-state index is 3.70. The number of hydrogen-bond donors (Lipinski definition) is 1. The lowest BCUT2D eigenvalue weighted by molar-refractivity contribution is 0.133. The van der Waals surface area contributed by atoms with Gasteiger partial charge in [-0.05, 0) is 50.7 Å². The average molecular weight is 228 g/mol. The molecular formula is C12H24N2S. The smallest absolute Gasteiger partial charge is 0.0224 e. The van der Waals surface area contributed by atoms with Crippen molar-refractivity contribution >= 4 is 11.8 Å². The standard InChI is InChI=1S/C12H24N2S/c1-10-8-13-12(11-4-5-11)9-14(10)6-3-7-15-2/h10-13H,3-9H2,1-2H3. The molecule has 0 aromatic carbocycles. The zero-order valence-corrected chi connectivity index (χ0v) is 10.9. The molecule has 3 heteroatoms. The van der Waals surface area contributed by atoms with Crippen LogP contribution in [-0.4, -0.2) is 48.6 Å². The first kappa shape index (κ1) is 11.7. The first-order chi connectivity index (χ1) is 7.31. The Morgan fingerprint density at radius 1 is 1.40 bits per heavy atom. The molecule has 1 aliphatic carbocycles. The van der Waals surface area contributed by atoms with Crippen LogP contribution in [0.1, 0.15) is 26.2 Å². The molecule has 2 aliphatic rings. The fourth-order valence-electron chi connectivity index (χ4n) is 2.49. The molecule has 0 radical (unpaired) electrons. The molecule has 0 aromatic heterocycles. The highest BCUT2D eigenvalue weighted by Gasteiger charge is 2.35. The minimum Gasteiger partial charge on any atom is -0.311 e. The molecule has 2 nitrogen and oxygen atoms in total. The van der Waals surface area contributed by atoms with Gasteiger partial charge in [-0.3, -0.25) is 4.90 Å². The third-order valence-corrected chi connectivity index (χ3v) is 4.41. The zero-order valence-electron chi connectivity index (χ0n) is 10.0. The van der Waals surface area contributed by atoms with Crippen LogP contribution in [0.15, 0.2) is 0 Å². The van der Waals surface area contributed by atoms with E-state index >= 15 is 0 Å². The van der Waals surface area contributed by atoms with Crippen LogP contribution in [0, 0.1) is 5.92 Å². The van der Waals surface area contributed by atoms with Crippen LogP contribution in [0.3, 0.4) is 0 Å². The third kappa shape index (κ3) is 3.36. The number of nitrogens with one attached hydrogen (secondary N) is 1. The van der Waals surface area contributed by atoms with Gasteiger partial charge in [0, 0.05) is 25.2 Å². The lowest BCUT2D eigenvalue weighted by Crippen LogP contribution is -2.56. The molecular weight excluding hydrogens is 204 g/mol. The Hall–Kier alpha value is 0.270. The SMILES string of the molecule is CSCCCN1CC(C2CC2)NCC1C. The fraction of sp³-hybridized carbons (Fsp3) is 1.00. The first-order valence-corrected chi connectivity index (χ1v) is 7.67. The third-order valence-electron chi connectivity index (χ3n) is 3.71. The molecule has 0 bridgehead atoms. The minimum atomic E-state index is 0.738. The number of rotatable bonds is 5. The van der Waals surface area contributed by atoms with Crippen LogP contribution in [0.5, 0.6) is 0 Å². The van der Waals surface area contributed by atoms with Gasteiger partial charge in [0.05, 0.1) is 0 Å². The van der Waals surface area contributed by atoms with E-state index in [0.29, 0.717) is 0 Å². The number of nitrogens with zero attached hydrogens (tertiary/aromatic N) is 1. The van der Waals surface area contributed by atoms with Crippen molar-refractivity contribution in [2.24, 2.45) is 5.92 Å². The molecule has 1 saturated carbocycles. The summed E-state index contributed by atoms with van der Waals surface area (Å²) >= 11 is 1.97. The Balaban J connectivity index is 1.74. The van der Waals surface area contributed by atoms with Gasteiger partial charge in [-0.2, -0.15) is 11.8 Å². The molecule has 2 rings (SSSR count). The van der Waals surface area contributed by atoms with Crippen LogP contribution in [0.25, 0.3) is 0 Å². The average Bonchev–Trinajstić information content (AvgIpc) is 3.05. The summed E-state index contributed by atoms with van der Waals surface area (Å²) < 4.78 is 0. The normalized spacial score (nSPS) is 33.2. The van der Waals surface area contributed by atoms with Gasteiger partial charge in [0.2, 0.25) is 0 Å². The summed E-state index contributed by atoms with van der Waals surface area (Å²) in [5.41, 5.74) is 0. The second-order valence-electron chi connectivity index (χ2n) is 5.04. The van der Waals surface area contributed by atoms with Crippen LogP contribution in [0.2, 0.25) is 0 Å². The van der Waals surface area contributed by atoms with Gasteiger partial charge in [-0.1, -0.05) is 0 Å². The van der Waals surface area contributed by atoms with Gasteiger partial charge < -0.3 is 5.32 Å². The molecule has 1 heterocycles. The maximum atomic E-state index is 3.70. The van der Waals surface area contributed by atoms with Gasteiger partial charge in [0.15, 0.2) is 0 Å². The Kier molecular flexibility index (Phi) is 4.35. The molecule has 0 aromatic rings. The lowest BCUT2D eigenvalue weighted by Gasteiger charge is -2.39. The van der Waals surface area contributed by atoms with Gasteiger partial charge in [-0.25, -0.2) is 0 Å².